The molecule has 66 valence electrons. The van der Waals surface area contributed by atoms with Crippen molar-refractivity contribution in [3.8, 4) is 0 Å². The van der Waals surface area contributed by atoms with Crippen LogP contribution < -0.4 is 0 Å². The molecule has 1 aliphatic rings. The normalized spacial score (nSPS) is 16.2. The van der Waals surface area contributed by atoms with Gasteiger partial charge in [-0.15, -0.1) is 0 Å². The molecule has 1 aromatic heterocycles. The molecule has 1 nitrogen and oxygen atoms in total. The van der Waals surface area contributed by atoms with Gasteiger partial charge in [-0.05, 0) is 51.2 Å². The van der Waals surface area contributed by atoms with Gasteiger partial charge in [0.15, 0.2) is 0 Å². The maximum atomic E-state index is 2.47. The number of aromatic nitrogens is 1. The lowest BCUT2D eigenvalue weighted by atomic mass is 9.98. The lowest BCUT2D eigenvalue weighted by Crippen LogP contribution is -2.07. The van der Waals surface area contributed by atoms with Crippen molar-refractivity contribution in [3.63, 3.8) is 0 Å². The van der Waals surface area contributed by atoms with Crippen LogP contribution in [0.1, 0.15) is 36.7 Å². The van der Waals surface area contributed by atoms with Crippen molar-refractivity contribution in [3.05, 3.63) is 23.0 Å². The topological polar surface area (TPSA) is 4.93 Å². The molecule has 0 saturated heterocycles. The largest absolute Gasteiger partial charge is 0.349 e. The Morgan fingerprint density at radius 2 is 2.08 bits per heavy atom. The minimum Gasteiger partial charge on any atom is -0.349 e. The fourth-order valence-electron chi connectivity index (χ4n) is 2.36. The van der Waals surface area contributed by atoms with Crippen molar-refractivity contribution < 1.29 is 0 Å². The van der Waals surface area contributed by atoms with Gasteiger partial charge in [-0.2, -0.15) is 0 Å². The Morgan fingerprint density at radius 1 is 1.33 bits per heavy atom. The molecule has 0 saturated carbocycles. The van der Waals surface area contributed by atoms with Gasteiger partial charge in [-0.25, -0.2) is 0 Å². The molecule has 1 heteroatoms. The first-order valence-corrected chi connectivity index (χ1v) is 5.01. The number of hydrogen-bond donors (Lipinski definition) is 0. The second kappa shape index (κ2) is 2.96. The molecule has 1 aliphatic carbocycles. The van der Waals surface area contributed by atoms with Crippen LogP contribution in [0.5, 0.6) is 0 Å². The summed E-state index contributed by atoms with van der Waals surface area (Å²) < 4.78 is 2.47. The Hall–Kier alpha value is -0.720. The Morgan fingerprint density at radius 3 is 2.83 bits per heavy atom. The third kappa shape index (κ3) is 1.08. The molecule has 0 amide bonds. The van der Waals surface area contributed by atoms with Crippen LogP contribution in [0, 0.1) is 6.92 Å². The van der Waals surface area contributed by atoms with Gasteiger partial charge in [-0.1, -0.05) is 0 Å². The zero-order chi connectivity index (χ0) is 8.55. The van der Waals surface area contributed by atoms with Crippen molar-refractivity contribution in [2.24, 2.45) is 0 Å². The van der Waals surface area contributed by atoms with E-state index in [9.17, 15) is 0 Å². The summed E-state index contributed by atoms with van der Waals surface area (Å²) in [4.78, 5) is 0. The van der Waals surface area contributed by atoms with E-state index in [1.807, 2.05) is 0 Å². The molecule has 0 atom stereocenters. The van der Waals surface area contributed by atoms with Crippen molar-refractivity contribution in [1.82, 2.24) is 4.57 Å². The van der Waals surface area contributed by atoms with E-state index >= 15 is 0 Å². The number of rotatable bonds is 1. The Kier molecular flexibility index (Phi) is 1.95. The van der Waals surface area contributed by atoms with Crippen LogP contribution in [0.3, 0.4) is 0 Å². The smallest absolute Gasteiger partial charge is 0.0209 e. The molecule has 1 heterocycles. The molecule has 0 N–H and O–H groups in total. The first-order chi connectivity index (χ1) is 5.83. The van der Waals surface area contributed by atoms with Gasteiger partial charge in [0, 0.05) is 17.9 Å². The van der Waals surface area contributed by atoms with Crippen LogP contribution in [0.15, 0.2) is 6.07 Å². The Bertz CT molecular complexity index is 283. The SMILES string of the molecule is CCn1c(C)cc2c1CCCC2. The highest BCUT2D eigenvalue weighted by Gasteiger charge is 2.14. The molecule has 1 aromatic rings. The lowest BCUT2D eigenvalue weighted by molar-refractivity contribution is 0.616. The van der Waals surface area contributed by atoms with E-state index in [-0.39, 0.29) is 0 Å². The Balaban J connectivity index is 2.46. The summed E-state index contributed by atoms with van der Waals surface area (Å²) in [5.41, 5.74) is 4.67. The van der Waals surface area contributed by atoms with E-state index in [1.165, 1.54) is 31.4 Å². The molecular formula is C11H17N. The highest BCUT2D eigenvalue weighted by Crippen LogP contribution is 2.24. The number of aryl methyl sites for hydroxylation is 2. The summed E-state index contributed by atoms with van der Waals surface area (Å²) in [6.45, 7) is 5.60. The van der Waals surface area contributed by atoms with Crippen molar-refractivity contribution in [2.45, 2.75) is 46.1 Å². The number of fused-ring (bicyclic) bond motifs is 1. The zero-order valence-electron chi connectivity index (χ0n) is 8.06. The summed E-state index contributed by atoms with van der Waals surface area (Å²) in [6, 6.07) is 2.37. The zero-order valence-corrected chi connectivity index (χ0v) is 8.06. The average Bonchev–Trinajstić information content (AvgIpc) is 2.40. The van der Waals surface area contributed by atoms with Crippen molar-refractivity contribution in [1.29, 1.82) is 0 Å². The molecule has 0 unspecified atom stereocenters. The highest BCUT2D eigenvalue weighted by molar-refractivity contribution is 5.29. The van der Waals surface area contributed by atoms with Crippen molar-refractivity contribution >= 4 is 0 Å². The molecule has 0 radical (unpaired) electrons. The molecule has 0 bridgehead atoms. The van der Waals surface area contributed by atoms with Gasteiger partial charge in [-0.3, -0.25) is 0 Å². The van der Waals surface area contributed by atoms with Crippen LogP contribution in [-0.2, 0) is 19.4 Å². The molecular weight excluding hydrogens is 146 g/mol. The second-order valence-electron chi connectivity index (χ2n) is 3.71. The van der Waals surface area contributed by atoms with Gasteiger partial charge in [0.1, 0.15) is 0 Å². The summed E-state index contributed by atoms with van der Waals surface area (Å²) in [6.07, 6.45) is 5.39. The van der Waals surface area contributed by atoms with Gasteiger partial charge >= 0.3 is 0 Å². The maximum absolute atomic E-state index is 2.47. The molecule has 0 spiro atoms. The van der Waals surface area contributed by atoms with Crippen LogP contribution in [0.2, 0.25) is 0 Å². The molecule has 2 rings (SSSR count). The maximum Gasteiger partial charge on any atom is 0.0209 e. The van der Waals surface area contributed by atoms with Gasteiger partial charge < -0.3 is 4.57 Å². The van der Waals surface area contributed by atoms with Gasteiger partial charge in [0.05, 0.1) is 0 Å². The average molecular weight is 163 g/mol. The van der Waals surface area contributed by atoms with E-state index in [2.05, 4.69) is 24.5 Å². The third-order valence-corrected chi connectivity index (χ3v) is 2.93. The van der Waals surface area contributed by atoms with E-state index in [4.69, 9.17) is 0 Å². The van der Waals surface area contributed by atoms with Crippen LogP contribution in [0.25, 0.3) is 0 Å². The summed E-state index contributed by atoms with van der Waals surface area (Å²) >= 11 is 0. The second-order valence-corrected chi connectivity index (χ2v) is 3.71. The van der Waals surface area contributed by atoms with Gasteiger partial charge in [0.25, 0.3) is 0 Å². The Labute approximate surface area is 74.4 Å². The van der Waals surface area contributed by atoms with E-state index in [1.54, 1.807) is 11.3 Å². The van der Waals surface area contributed by atoms with Gasteiger partial charge in [0.2, 0.25) is 0 Å². The predicted molar refractivity (Wildman–Crippen MR) is 51.5 cm³/mol. The van der Waals surface area contributed by atoms with E-state index in [0.29, 0.717) is 0 Å². The van der Waals surface area contributed by atoms with E-state index in [0.717, 1.165) is 6.54 Å². The summed E-state index contributed by atoms with van der Waals surface area (Å²) in [7, 11) is 0. The minimum absolute atomic E-state index is 1.14. The first kappa shape index (κ1) is 7.90. The molecule has 12 heavy (non-hydrogen) atoms. The van der Waals surface area contributed by atoms with Crippen LogP contribution >= 0.6 is 0 Å². The molecule has 0 aromatic carbocycles. The minimum atomic E-state index is 1.14. The third-order valence-electron chi connectivity index (χ3n) is 2.93. The monoisotopic (exact) mass is 163 g/mol. The summed E-state index contributed by atoms with van der Waals surface area (Å²) in [5, 5.41) is 0. The lowest BCUT2D eigenvalue weighted by Gasteiger charge is -2.14. The van der Waals surface area contributed by atoms with Crippen molar-refractivity contribution in [2.75, 3.05) is 0 Å². The first-order valence-electron chi connectivity index (χ1n) is 5.01. The predicted octanol–water partition coefficient (Wildman–Crippen LogP) is 2.70. The number of nitrogens with zero attached hydrogens (tertiary/aromatic N) is 1. The highest BCUT2D eigenvalue weighted by atomic mass is 15.0. The molecule has 0 aliphatic heterocycles. The number of hydrogen-bond acceptors (Lipinski definition) is 0. The standard InChI is InChI=1S/C11H17N/c1-3-12-9(2)8-10-6-4-5-7-11(10)12/h8H,3-7H2,1-2H3. The fraction of sp³-hybridized carbons (Fsp3) is 0.636. The summed E-state index contributed by atoms with van der Waals surface area (Å²) in [5.74, 6) is 0. The van der Waals surface area contributed by atoms with E-state index < -0.39 is 0 Å². The quantitative estimate of drug-likeness (QED) is 0.600. The fourth-order valence-corrected chi connectivity index (χ4v) is 2.36. The van der Waals surface area contributed by atoms with Crippen LogP contribution in [-0.4, -0.2) is 4.57 Å². The van der Waals surface area contributed by atoms with Crippen LogP contribution in [0.4, 0.5) is 0 Å². The molecule has 0 fully saturated rings.